The smallest absolute Gasteiger partial charge is 0.160 e. The van der Waals surface area contributed by atoms with E-state index < -0.39 is 0 Å². The van der Waals surface area contributed by atoms with Gasteiger partial charge in [-0.1, -0.05) is 32.3 Å². The number of hydrogen-bond donors (Lipinski definition) is 1. The first-order valence-electron chi connectivity index (χ1n) is 5.66. The monoisotopic (exact) mass is 208 g/mol. The van der Waals surface area contributed by atoms with E-state index >= 15 is 0 Å². The van der Waals surface area contributed by atoms with Crippen LogP contribution in [0.15, 0.2) is 18.2 Å². The highest BCUT2D eigenvalue weighted by Gasteiger charge is 2.01. The minimum atomic E-state index is 0.241. The van der Waals surface area contributed by atoms with E-state index in [2.05, 4.69) is 6.92 Å². The molecule has 1 aromatic rings. The van der Waals surface area contributed by atoms with E-state index in [0.29, 0.717) is 12.4 Å². The van der Waals surface area contributed by atoms with E-state index in [1.165, 1.54) is 19.3 Å². The normalized spacial score (nSPS) is 10.3. The quantitative estimate of drug-likeness (QED) is 0.723. The van der Waals surface area contributed by atoms with Gasteiger partial charge in [-0.3, -0.25) is 0 Å². The Morgan fingerprint density at radius 2 is 2.00 bits per heavy atom. The topological polar surface area (TPSA) is 29.5 Å². The summed E-state index contributed by atoms with van der Waals surface area (Å²) in [6, 6.07) is 5.49. The van der Waals surface area contributed by atoms with Gasteiger partial charge in [-0.2, -0.15) is 0 Å². The highest BCUT2D eigenvalue weighted by molar-refractivity contribution is 5.41. The van der Waals surface area contributed by atoms with Gasteiger partial charge in [0.15, 0.2) is 11.5 Å². The van der Waals surface area contributed by atoms with E-state index in [9.17, 15) is 5.11 Å². The zero-order valence-corrected chi connectivity index (χ0v) is 9.62. The summed E-state index contributed by atoms with van der Waals surface area (Å²) in [6.07, 6.45) is 4.74. The fourth-order valence-electron chi connectivity index (χ4n) is 1.46. The second-order valence-corrected chi connectivity index (χ2v) is 3.88. The van der Waals surface area contributed by atoms with Crippen molar-refractivity contribution < 1.29 is 9.84 Å². The molecule has 0 bridgehead atoms. The second kappa shape index (κ2) is 6.33. The van der Waals surface area contributed by atoms with Crippen LogP contribution in [0.1, 0.15) is 38.2 Å². The van der Waals surface area contributed by atoms with Crippen molar-refractivity contribution in [2.24, 2.45) is 0 Å². The Morgan fingerprint density at radius 1 is 1.20 bits per heavy atom. The number of aryl methyl sites for hydroxylation is 1. The highest BCUT2D eigenvalue weighted by atomic mass is 16.5. The molecule has 0 aromatic heterocycles. The lowest BCUT2D eigenvalue weighted by Crippen LogP contribution is -1.97. The van der Waals surface area contributed by atoms with Crippen molar-refractivity contribution in [3.8, 4) is 11.5 Å². The van der Waals surface area contributed by atoms with Crippen LogP contribution in [0.5, 0.6) is 11.5 Å². The van der Waals surface area contributed by atoms with Crippen LogP contribution in [0.25, 0.3) is 0 Å². The average molecular weight is 208 g/mol. The third kappa shape index (κ3) is 4.24. The third-order valence-corrected chi connectivity index (χ3v) is 2.37. The predicted molar refractivity (Wildman–Crippen MR) is 62.5 cm³/mol. The van der Waals surface area contributed by atoms with E-state index in [4.69, 9.17) is 4.74 Å². The molecule has 0 saturated heterocycles. The largest absolute Gasteiger partial charge is 0.504 e. The van der Waals surface area contributed by atoms with Gasteiger partial charge in [0.05, 0.1) is 6.61 Å². The summed E-state index contributed by atoms with van der Waals surface area (Å²) in [5.41, 5.74) is 1.05. The number of phenolic OH excluding ortho intramolecular Hbond substituents is 1. The number of rotatable bonds is 6. The maximum atomic E-state index is 9.57. The van der Waals surface area contributed by atoms with E-state index in [-0.39, 0.29) is 5.75 Å². The Labute approximate surface area is 91.9 Å². The molecule has 0 unspecified atom stereocenters. The lowest BCUT2D eigenvalue weighted by molar-refractivity contribution is 0.289. The van der Waals surface area contributed by atoms with E-state index in [0.717, 1.165) is 12.0 Å². The molecule has 2 nitrogen and oxygen atoms in total. The fourth-order valence-corrected chi connectivity index (χ4v) is 1.46. The zero-order valence-electron chi connectivity index (χ0n) is 9.62. The first-order chi connectivity index (χ1) is 7.24. The van der Waals surface area contributed by atoms with Crippen LogP contribution in [0, 0.1) is 6.92 Å². The minimum absolute atomic E-state index is 0.241. The van der Waals surface area contributed by atoms with Crippen molar-refractivity contribution in [1.82, 2.24) is 0 Å². The molecule has 0 aliphatic carbocycles. The van der Waals surface area contributed by atoms with Gasteiger partial charge in [0.2, 0.25) is 0 Å². The Morgan fingerprint density at radius 3 is 2.67 bits per heavy atom. The average Bonchev–Trinajstić information content (AvgIpc) is 2.20. The first-order valence-corrected chi connectivity index (χ1v) is 5.66. The van der Waals surface area contributed by atoms with Gasteiger partial charge in [-0.05, 0) is 31.0 Å². The van der Waals surface area contributed by atoms with Gasteiger partial charge in [0.1, 0.15) is 0 Å². The van der Waals surface area contributed by atoms with Gasteiger partial charge in [0.25, 0.3) is 0 Å². The molecule has 1 aromatic carbocycles. The molecule has 0 radical (unpaired) electrons. The molecule has 2 heteroatoms. The number of ether oxygens (including phenoxy) is 1. The SMILES string of the molecule is CCCCCCOc1ccc(C)cc1O. The number of phenols is 1. The molecule has 0 amide bonds. The van der Waals surface area contributed by atoms with Crippen LogP contribution >= 0.6 is 0 Å². The molecule has 84 valence electrons. The summed E-state index contributed by atoms with van der Waals surface area (Å²) in [4.78, 5) is 0. The van der Waals surface area contributed by atoms with Crippen LogP contribution in [0.2, 0.25) is 0 Å². The molecule has 0 spiro atoms. The van der Waals surface area contributed by atoms with Crippen LogP contribution in [-0.2, 0) is 0 Å². The van der Waals surface area contributed by atoms with Crippen molar-refractivity contribution in [1.29, 1.82) is 0 Å². The third-order valence-electron chi connectivity index (χ3n) is 2.37. The van der Waals surface area contributed by atoms with Crippen LogP contribution in [0.4, 0.5) is 0 Å². The van der Waals surface area contributed by atoms with Gasteiger partial charge in [0, 0.05) is 0 Å². The Balaban J connectivity index is 2.31. The molecule has 0 saturated carbocycles. The van der Waals surface area contributed by atoms with Crippen LogP contribution in [-0.4, -0.2) is 11.7 Å². The number of unbranched alkanes of at least 4 members (excludes halogenated alkanes) is 3. The van der Waals surface area contributed by atoms with Gasteiger partial charge >= 0.3 is 0 Å². The maximum Gasteiger partial charge on any atom is 0.160 e. The summed E-state index contributed by atoms with van der Waals surface area (Å²) in [6.45, 7) is 4.83. The lowest BCUT2D eigenvalue weighted by Gasteiger charge is -2.08. The van der Waals surface area contributed by atoms with E-state index in [1.807, 2.05) is 19.1 Å². The predicted octanol–water partition coefficient (Wildman–Crippen LogP) is 3.66. The molecule has 0 fully saturated rings. The Kier molecular flexibility index (Phi) is 5.02. The minimum Gasteiger partial charge on any atom is -0.504 e. The van der Waals surface area contributed by atoms with Gasteiger partial charge in [-0.15, -0.1) is 0 Å². The fraction of sp³-hybridized carbons (Fsp3) is 0.538. The van der Waals surface area contributed by atoms with Crippen molar-refractivity contribution in [3.63, 3.8) is 0 Å². The van der Waals surface area contributed by atoms with Crippen molar-refractivity contribution in [2.75, 3.05) is 6.61 Å². The Bertz CT molecular complexity index is 295. The molecule has 1 rings (SSSR count). The zero-order chi connectivity index (χ0) is 11.1. The standard InChI is InChI=1S/C13H20O2/c1-3-4-5-6-9-15-13-8-7-11(2)10-12(13)14/h7-8,10,14H,3-6,9H2,1-2H3. The highest BCUT2D eigenvalue weighted by Crippen LogP contribution is 2.26. The van der Waals surface area contributed by atoms with Crippen molar-refractivity contribution >= 4 is 0 Å². The van der Waals surface area contributed by atoms with Gasteiger partial charge < -0.3 is 9.84 Å². The van der Waals surface area contributed by atoms with Crippen LogP contribution in [0.3, 0.4) is 0 Å². The van der Waals surface area contributed by atoms with Gasteiger partial charge in [-0.25, -0.2) is 0 Å². The molecular formula is C13H20O2. The summed E-state index contributed by atoms with van der Waals surface area (Å²) in [5, 5.41) is 9.57. The molecular weight excluding hydrogens is 188 g/mol. The number of hydrogen-bond acceptors (Lipinski definition) is 2. The summed E-state index contributed by atoms with van der Waals surface area (Å²) < 4.78 is 5.49. The molecule has 0 heterocycles. The summed E-state index contributed by atoms with van der Waals surface area (Å²) >= 11 is 0. The Hall–Kier alpha value is -1.18. The number of aromatic hydroxyl groups is 1. The summed E-state index contributed by atoms with van der Waals surface area (Å²) in [7, 11) is 0. The second-order valence-electron chi connectivity index (χ2n) is 3.88. The molecule has 1 N–H and O–H groups in total. The van der Waals surface area contributed by atoms with Crippen molar-refractivity contribution in [2.45, 2.75) is 39.5 Å². The molecule has 0 aliphatic rings. The van der Waals surface area contributed by atoms with Crippen molar-refractivity contribution in [3.05, 3.63) is 23.8 Å². The first kappa shape index (κ1) is 11.9. The van der Waals surface area contributed by atoms with Crippen LogP contribution < -0.4 is 4.74 Å². The molecule has 0 aliphatic heterocycles. The molecule has 0 atom stereocenters. The summed E-state index contributed by atoms with van der Waals surface area (Å²) in [5.74, 6) is 0.836. The number of benzene rings is 1. The lowest BCUT2D eigenvalue weighted by atomic mass is 10.2. The maximum absolute atomic E-state index is 9.57. The van der Waals surface area contributed by atoms with E-state index in [1.54, 1.807) is 6.07 Å². The molecule has 15 heavy (non-hydrogen) atoms.